The van der Waals surface area contributed by atoms with E-state index in [9.17, 15) is 0 Å². The molecule has 78 valence electrons. The number of aliphatic hydroxyl groups is 1. The molecule has 0 heterocycles. The molecule has 0 aliphatic heterocycles. The number of aliphatic carboxylic acids is 1. The van der Waals surface area contributed by atoms with Crippen molar-refractivity contribution in [2.45, 2.75) is 13.5 Å². The average Bonchev–Trinajstić information content (AvgIpc) is 2.17. The molecule has 4 heteroatoms. The van der Waals surface area contributed by atoms with Gasteiger partial charge in [-0.15, -0.1) is 0 Å². The van der Waals surface area contributed by atoms with E-state index in [1.807, 2.05) is 24.3 Å². The highest BCUT2D eigenvalue weighted by molar-refractivity contribution is 5.62. The number of carbonyl (C=O) groups is 1. The van der Waals surface area contributed by atoms with Gasteiger partial charge in [0.15, 0.2) is 0 Å². The van der Waals surface area contributed by atoms with Gasteiger partial charge >= 0.3 is 0 Å². The van der Waals surface area contributed by atoms with E-state index in [0.717, 1.165) is 18.2 Å². The molecule has 4 nitrogen and oxygen atoms in total. The van der Waals surface area contributed by atoms with E-state index in [-0.39, 0.29) is 6.61 Å². The summed E-state index contributed by atoms with van der Waals surface area (Å²) in [6.07, 6.45) is 0. The van der Waals surface area contributed by atoms with Gasteiger partial charge < -0.3 is 14.9 Å². The first-order valence-corrected chi connectivity index (χ1v) is 4.03. The Bertz CT molecular complexity index is 239. The van der Waals surface area contributed by atoms with Crippen LogP contribution in [0.4, 0.5) is 0 Å². The molecule has 0 aromatic heterocycles. The van der Waals surface area contributed by atoms with E-state index < -0.39 is 5.97 Å². The molecule has 1 rings (SSSR count). The molecule has 0 aliphatic carbocycles. The fraction of sp³-hybridized carbons (Fsp3) is 0.300. The fourth-order valence-corrected chi connectivity index (χ4v) is 0.731. The highest BCUT2D eigenvalue weighted by Crippen LogP contribution is 2.10. The molecule has 0 unspecified atom stereocenters. The van der Waals surface area contributed by atoms with Crippen molar-refractivity contribution in [2.75, 3.05) is 7.11 Å². The Morgan fingerprint density at radius 3 is 2.07 bits per heavy atom. The zero-order valence-corrected chi connectivity index (χ0v) is 8.23. The topological polar surface area (TPSA) is 66.8 Å². The molecule has 0 fully saturated rings. The van der Waals surface area contributed by atoms with Gasteiger partial charge in [0.25, 0.3) is 5.97 Å². The number of hydrogen-bond acceptors (Lipinski definition) is 3. The van der Waals surface area contributed by atoms with Crippen molar-refractivity contribution in [1.29, 1.82) is 0 Å². The maximum atomic E-state index is 9.00. The molecular formula is C10H14O4. The van der Waals surface area contributed by atoms with E-state index in [2.05, 4.69) is 0 Å². The second-order valence-corrected chi connectivity index (χ2v) is 2.53. The van der Waals surface area contributed by atoms with Gasteiger partial charge in [0.1, 0.15) is 5.75 Å². The van der Waals surface area contributed by atoms with Crippen LogP contribution in [-0.2, 0) is 11.4 Å². The van der Waals surface area contributed by atoms with Crippen LogP contribution in [0.25, 0.3) is 0 Å². The fourth-order valence-electron chi connectivity index (χ4n) is 0.731. The number of benzene rings is 1. The minimum atomic E-state index is -0.833. The number of rotatable bonds is 2. The van der Waals surface area contributed by atoms with Gasteiger partial charge in [-0.25, -0.2) is 0 Å². The van der Waals surface area contributed by atoms with Gasteiger partial charge in [0.2, 0.25) is 0 Å². The van der Waals surface area contributed by atoms with Crippen LogP contribution in [0.5, 0.6) is 5.75 Å². The predicted octanol–water partition coefficient (Wildman–Crippen LogP) is 1.28. The Balaban J connectivity index is 0.000000364. The molecule has 0 bridgehead atoms. The maximum Gasteiger partial charge on any atom is 0.300 e. The Morgan fingerprint density at radius 1 is 1.36 bits per heavy atom. The minimum Gasteiger partial charge on any atom is -0.497 e. The smallest absolute Gasteiger partial charge is 0.300 e. The van der Waals surface area contributed by atoms with Crippen LogP contribution in [0.2, 0.25) is 0 Å². The summed E-state index contributed by atoms with van der Waals surface area (Å²) in [7, 11) is 1.62. The lowest BCUT2D eigenvalue weighted by Gasteiger charge is -1.98. The summed E-state index contributed by atoms with van der Waals surface area (Å²) < 4.78 is 4.93. The van der Waals surface area contributed by atoms with Crippen LogP contribution in [-0.4, -0.2) is 23.3 Å². The van der Waals surface area contributed by atoms with Crippen molar-refractivity contribution in [1.82, 2.24) is 0 Å². The molecule has 0 radical (unpaired) electrons. The SMILES string of the molecule is CC(=O)O.COc1ccc(CO)cc1. The first-order chi connectivity index (χ1) is 6.60. The largest absolute Gasteiger partial charge is 0.497 e. The minimum absolute atomic E-state index is 0.0873. The number of carboxylic acids is 1. The van der Waals surface area contributed by atoms with Crippen molar-refractivity contribution in [2.24, 2.45) is 0 Å². The second kappa shape index (κ2) is 6.91. The summed E-state index contributed by atoms with van der Waals surface area (Å²) in [6, 6.07) is 7.31. The maximum absolute atomic E-state index is 9.00. The summed E-state index contributed by atoms with van der Waals surface area (Å²) in [5.41, 5.74) is 0.904. The zero-order chi connectivity index (χ0) is 11.0. The quantitative estimate of drug-likeness (QED) is 0.751. The second-order valence-electron chi connectivity index (χ2n) is 2.53. The van der Waals surface area contributed by atoms with Gasteiger partial charge in [0, 0.05) is 6.92 Å². The molecule has 0 saturated heterocycles. The van der Waals surface area contributed by atoms with Crippen LogP contribution < -0.4 is 4.74 Å². The van der Waals surface area contributed by atoms with Crippen molar-refractivity contribution in [3.63, 3.8) is 0 Å². The van der Waals surface area contributed by atoms with Crippen molar-refractivity contribution in [3.05, 3.63) is 29.8 Å². The van der Waals surface area contributed by atoms with Crippen LogP contribution >= 0.6 is 0 Å². The Labute approximate surface area is 82.8 Å². The number of ether oxygens (including phenoxy) is 1. The van der Waals surface area contributed by atoms with E-state index in [4.69, 9.17) is 19.7 Å². The lowest BCUT2D eigenvalue weighted by atomic mass is 10.2. The summed E-state index contributed by atoms with van der Waals surface area (Å²) in [4.78, 5) is 9.00. The van der Waals surface area contributed by atoms with Crippen molar-refractivity contribution >= 4 is 5.97 Å². The standard InChI is InChI=1S/C8H10O2.C2H4O2/c1-10-8-4-2-7(6-9)3-5-8;1-2(3)4/h2-5,9H,6H2,1H3;1H3,(H,3,4). The Morgan fingerprint density at radius 2 is 1.79 bits per heavy atom. The highest BCUT2D eigenvalue weighted by atomic mass is 16.5. The monoisotopic (exact) mass is 198 g/mol. The van der Waals surface area contributed by atoms with Gasteiger partial charge in [-0.1, -0.05) is 12.1 Å². The summed E-state index contributed by atoms with van der Waals surface area (Å²) >= 11 is 0. The van der Waals surface area contributed by atoms with E-state index in [1.54, 1.807) is 7.11 Å². The molecule has 1 aromatic rings. The van der Waals surface area contributed by atoms with Crippen LogP contribution in [0, 0.1) is 0 Å². The average molecular weight is 198 g/mol. The van der Waals surface area contributed by atoms with Crippen LogP contribution in [0.3, 0.4) is 0 Å². The first-order valence-electron chi connectivity index (χ1n) is 4.03. The van der Waals surface area contributed by atoms with Crippen LogP contribution in [0.1, 0.15) is 12.5 Å². The zero-order valence-electron chi connectivity index (χ0n) is 8.23. The molecule has 0 saturated carbocycles. The number of aliphatic hydroxyl groups excluding tert-OH is 1. The summed E-state index contributed by atoms with van der Waals surface area (Å²) in [5, 5.41) is 16.1. The van der Waals surface area contributed by atoms with Crippen molar-refractivity contribution < 1.29 is 19.7 Å². The first kappa shape index (κ1) is 12.4. The molecule has 0 amide bonds. The molecule has 0 atom stereocenters. The summed E-state index contributed by atoms with van der Waals surface area (Å²) in [6.45, 7) is 1.17. The van der Waals surface area contributed by atoms with Crippen molar-refractivity contribution in [3.8, 4) is 5.75 Å². The number of methoxy groups -OCH3 is 1. The highest BCUT2D eigenvalue weighted by Gasteiger charge is 1.89. The molecular weight excluding hydrogens is 184 g/mol. The lowest BCUT2D eigenvalue weighted by Crippen LogP contribution is -1.84. The van der Waals surface area contributed by atoms with Crippen LogP contribution in [0.15, 0.2) is 24.3 Å². The predicted molar refractivity (Wildman–Crippen MR) is 52.2 cm³/mol. The van der Waals surface area contributed by atoms with Gasteiger partial charge in [-0.2, -0.15) is 0 Å². The Kier molecular flexibility index (Phi) is 6.15. The Hall–Kier alpha value is -1.55. The van der Waals surface area contributed by atoms with Gasteiger partial charge in [-0.3, -0.25) is 4.79 Å². The molecule has 1 aromatic carbocycles. The van der Waals surface area contributed by atoms with Gasteiger partial charge in [0.05, 0.1) is 13.7 Å². The number of carboxylic acid groups (broad SMARTS) is 1. The third-order valence-electron chi connectivity index (χ3n) is 1.34. The summed E-state index contributed by atoms with van der Waals surface area (Å²) in [5.74, 6) is -0.0165. The molecule has 0 aliphatic rings. The van der Waals surface area contributed by atoms with Gasteiger partial charge in [-0.05, 0) is 17.7 Å². The molecule has 0 spiro atoms. The molecule has 2 N–H and O–H groups in total. The van der Waals surface area contributed by atoms with E-state index in [1.165, 1.54) is 0 Å². The normalized spacial score (nSPS) is 8.50. The molecule has 14 heavy (non-hydrogen) atoms. The number of hydrogen-bond donors (Lipinski definition) is 2. The van der Waals surface area contributed by atoms with E-state index >= 15 is 0 Å². The lowest BCUT2D eigenvalue weighted by molar-refractivity contribution is -0.134. The van der Waals surface area contributed by atoms with E-state index in [0.29, 0.717) is 0 Å². The third kappa shape index (κ3) is 6.02. The third-order valence-corrected chi connectivity index (χ3v) is 1.34.